The highest BCUT2D eigenvalue weighted by Crippen LogP contribution is 2.35. The number of anilines is 1. The van der Waals surface area contributed by atoms with Crippen LogP contribution in [0.25, 0.3) is 22.0 Å². The van der Waals surface area contributed by atoms with Crippen molar-refractivity contribution in [2.24, 2.45) is 0 Å². The molecule has 0 spiro atoms. The van der Waals surface area contributed by atoms with Crippen LogP contribution in [0.15, 0.2) is 36.5 Å². The van der Waals surface area contributed by atoms with Crippen LogP contribution in [-0.4, -0.2) is 46.5 Å². The number of aryl methyl sites for hydroxylation is 1. The summed E-state index contributed by atoms with van der Waals surface area (Å²) in [5.41, 5.74) is 2.88. The topological polar surface area (TPSA) is 63.2 Å². The third kappa shape index (κ3) is 4.35. The Kier molecular flexibility index (Phi) is 5.38. The molecule has 164 valence electrons. The number of hydrogen-bond acceptors (Lipinski definition) is 6. The van der Waals surface area contributed by atoms with Crippen LogP contribution in [0, 0.1) is 6.92 Å². The molecule has 0 saturated carbocycles. The van der Waals surface area contributed by atoms with Crippen molar-refractivity contribution in [2.45, 2.75) is 64.6 Å². The number of hydrogen-bond donors (Lipinski definition) is 1. The molecule has 1 aliphatic rings. The summed E-state index contributed by atoms with van der Waals surface area (Å²) in [6, 6.07) is 10.6. The van der Waals surface area contributed by atoms with E-state index in [1.807, 2.05) is 31.3 Å². The van der Waals surface area contributed by atoms with Gasteiger partial charge >= 0.3 is 0 Å². The van der Waals surface area contributed by atoms with Gasteiger partial charge in [-0.2, -0.15) is 0 Å². The first kappa shape index (κ1) is 21.5. The van der Waals surface area contributed by atoms with Crippen LogP contribution in [0.1, 0.15) is 46.2 Å². The fourth-order valence-electron chi connectivity index (χ4n) is 5.10. The molecule has 3 heterocycles. The van der Waals surface area contributed by atoms with Crippen LogP contribution in [0.3, 0.4) is 0 Å². The minimum absolute atomic E-state index is 0.0817. The second kappa shape index (κ2) is 7.75. The Balaban J connectivity index is 1.65. The van der Waals surface area contributed by atoms with Gasteiger partial charge in [0.15, 0.2) is 5.82 Å². The van der Waals surface area contributed by atoms with Crippen LogP contribution >= 0.6 is 0 Å². The predicted octanol–water partition coefficient (Wildman–Crippen LogP) is 4.75. The maximum Gasteiger partial charge on any atom is 0.151 e. The van der Waals surface area contributed by atoms with Crippen molar-refractivity contribution in [3.05, 3.63) is 42.2 Å². The van der Waals surface area contributed by atoms with Gasteiger partial charge in [-0.15, -0.1) is 10.2 Å². The molecule has 0 aliphatic carbocycles. The summed E-state index contributed by atoms with van der Waals surface area (Å²) in [6.45, 7) is 11.1. The molecule has 1 saturated heterocycles. The predicted molar refractivity (Wildman–Crippen MR) is 127 cm³/mol. The summed E-state index contributed by atoms with van der Waals surface area (Å²) in [5, 5.41) is 15.1. The second-order valence-electron chi connectivity index (χ2n) is 10.0. The molecule has 2 aromatic heterocycles. The zero-order chi connectivity index (χ0) is 22.4. The highest BCUT2D eigenvalue weighted by atomic mass is 16.5. The van der Waals surface area contributed by atoms with Crippen molar-refractivity contribution < 1.29 is 4.74 Å². The molecule has 0 atom stereocenters. The van der Waals surface area contributed by atoms with E-state index in [2.05, 4.69) is 72.3 Å². The molecular weight excluding hydrogens is 386 g/mol. The number of methoxy groups -OCH3 is 1. The van der Waals surface area contributed by atoms with Crippen molar-refractivity contribution >= 4 is 16.6 Å². The number of ether oxygens (including phenoxy) is 1. The molecule has 0 radical (unpaired) electrons. The Labute approximate surface area is 185 Å². The molecule has 1 aromatic carbocycles. The van der Waals surface area contributed by atoms with Crippen LogP contribution in [0.4, 0.5) is 5.82 Å². The Morgan fingerprint density at radius 1 is 1.03 bits per heavy atom. The molecule has 3 aromatic rings. The van der Waals surface area contributed by atoms with E-state index in [1.165, 1.54) is 0 Å². The number of rotatable bonds is 4. The number of fused-ring (bicyclic) bond motifs is 1. The largest absolute Gasteiger partial charge is 0.496 e. The number of aromatic nitrogens is 3. The van der Waals surface area contributed by atoms with Gasteiger partial charge in [0.2, 0.25) is 0 Å². The van der Waals surface area contributed by atoms with Gasteiger partial charge in [0, 0.05) is 47.0 Å². The average molecular weight is 420 g/mol. The molecule has 4 rings (SSSR count). The summed E-state index contributed by atoms with van der Waals surface area (Å²) < 4.78 is 5.66. The molecule has 1 fully saturated rings. The number of pyridine rings is 1. The SMILES string of the molecule is COc1cc2ccnc(C)c2cc1-c1ccc(N(C)C2CC(C)(C)NC(C)(C)C2)nn1. The Morgan fingerprint density at radius 2 is 1.74 bits per heavy atom. The first-order valence-electron chi connectivity index (χ1n) is 10.9. The lowest BCUT2D eigenvalue weighted by atomic mass is 9.79. The lowest BCUT2D eigenvalue weighted by Crippen LogP contribution is -2.62. The summed E-state index contributed by atoms with van der Waals surface area (Å²) in [6.07, 6.45) is 3.94. The van der Waals surface area contributed by atoms with E-state index in [-0.39, 0.29) is 11.1 Å². The van der Waals surface area contributed by atoms with Crippen LogP contribution in [0.5, 0.6) is 5.75 Å². The fraction of sp³-hybridized carbons (Fsp3) is 0.480. The van der Waals surface area contributed by atoms with Gasteiger partial charge < -0.3 is 15.0 Å². The second-order valence-corrected chi connectivity index (χ2v) is 10.0. The monoisotopic (exact) mass is 419 g/mol. The quantitative estimate of drug-likeness (QED) is 0.658. The molecule has 0 amide bonds. The van der Waals surface area contributed by atoms with Gasteiger partial charge in [0.25, 0.3) is 0 Å². The van der Waals surface area contributed by atoms with E-state index in [0.29, 0.717) is 6.04 Å². The zero-order valence-corrected chi connectivity index (χ0v) is 19.7. The molecule has 1 N–H and O–H groups in total. The number of nitrogens with one attached hydrogen (secondary N) is 1. The van der Waals surface area contributed by atoms with E-state index < -0.39 is 0 Å². The molecule has 6 heteroatoms. The maximum atomic E-state index is 5.66. The van der Waals surface area contributed by atoms with Crippen LogP contribution in [0.2, 0.25) is 0 Å². The van der Waals surface area contributed by atoms with Crippen molar-refractivity contribution in [3.63, 3.8) is 0 Å². The lowest BCUT2D eigenvalue weighted by Gasteiger charge is -2.49. The van der Waals surface area contributed by atoms with Crippen molar-refractivity contribution in [2.75, 3.05) is 19.1 Å². The highest BCUT2D eigenvalue weighted by Gasteiger charge is 2.39. The third-order valence-electron chi connectivity index (χ3n) is 6.29. The minimum atomic E-state index is 0.0817. The minimum Gasteiger partial charge on any atom is -0.496 e. The molecule has 6 nitrogen and oxygen atoms in total. The fourth-order valence-corrected chi connectivity index (χ4v) is 5.10. The average Bonchev–Trinajstić information content (AvgIpc) is 2.70. The van der Waals surface area contributed by atoms with Gasteiger partial charge in [0.1, 0.15) is 5.75 Å². The standard InChI is InChI=1S/C25H33N5O/c1-16-19-13-20(22(31-7)12-17(19)10-11-26-16)21-8-9-23(28-27-21)30(6)18-14-24(2,3)29-25(4,5)15-18/h8-13,18,29H,14-15H2,1-7H3. The maximum absolute atomic E-state index is 5.66. The Hall–Kier alpha value is -2.73. The zero-order valence-electron chi connectivity index (χ0n) is 19.7. The molecule has 0 bridgehead atoms. The highest BCUT2D eigenvalue weighted by molar-refractivity contribution is 5.91. The van der Waals surface area contributed by atoms with Gasteiger partial charge in [0.05, 0.1) is 12.8 Å². The summed E-state index contributed by atoms with van der Waals surface area (Å²) in [4.78, 5) is 6.69. The first-order chi connectivity index (χ1) is 14.6. The molecular formula is C25H33N5O. The summed E-state index contributed by atoms with van der Waals surface area (Å²) in [7, 11) is 3.81. The van der Waals surface area contributed by atoms with Crippen molar-refractivity contribution in [1.29, 1.82) is 0 Å². The van der Waals surface area contributed by atoms with Gasteiger partial charge in [-0.3, -0.25) is 4.98 Å². The molecule has 1 aliphatic heterocycles. The molecule has 31 heavy (non-hydrogen) atoms. The van der Waals surface area contributed by atoms with Gasteiger partial charge in [-0.05, 0) is 83.2 Å². The summed E-state index contributed by atoms with van der Waals surface area (Å²) in [5.74, 6) is 1.68. The van der Waals surface area contributed by atoms with Crippen LogP contribution in [-0.2, 0) is 0 Å². The number of benzene rings is 1. The first-order valence-corrected chi connectivity index (χ1v) is 10.9. The third-order valence-corrected chi connectivity index (χ3v) is 6.29. The lowest BCUT2D eigenvalue weighted by molar-refractivity contribution is 0.160. The Bertz CT molecular complexity index is 1080. The van der Waals surface area contributed by atoms with Crippen LogP contribution < -0.4 is 15.0 Å². The molecule has 0 unspecified atom stereocenters. The number of piperidine rings is 1. The smallest absolute Gasteiger partial charge is 0.151 e. The normalized spacial score (nSPS) is 18.2. The van der Waals surface area contributed by atoms with E-state index in [0.717, 1.165) is 52.1 Å². The number of nitrogens with zero attached hydrogens (tertiary/aromatic N) is 4. The van der Waals surface area contributed by atoms with Gasteiger partial charge in [-0.1, -0.05) is 0 Å². The van der Waals surface area contributed by atoms with Crippen molar-refractivity contribution in [1.82, 2.24) is 20.5 Å². The van der Waals surface area contributed by atoms with E-state index in [1.54, 1.807) is 7.11 Å². The van der Waals surface area contributed by atoms with E-state index in [9.17, 15) is 0 Å². The van der Waals surface area contributed by atoms with Gasteiger partial charge in [-0.25, -0.2) is 0 Å². The van der Waals surface area contributed by atoms with Crippen molar-refractivity contribution in [3.8, 4) is 17.0 Å². The summed E-state index contributed by atoms with van der Waals surface area (Å²) >= 11 is 0. The Morgan fingerprint density at radius 3 is 2.35 bits per heavy atom. The van der Waals surface area contributed by atoms with E-state index >= 15 is 0 Å². The van der Waals surface area contributed by atoms with E-state index in [4.69, 9.17) is 4.74 Å².